The van der Waals surface area contributed by atoms with Crippen molar-refractivity contribution in [2.24, 2.45) is 5.92 Å². The second-order valence-corrected chi connectivity index (χ2v) is 5.79. The topological polar surface area (TPSA) is 41.1 Å². The molecule has 0 aliphatic carbocycles. The second-order valence-electron chi connectivity index (χ2n) is 4.92. The van der Waals surface area contributed by atoms with Gasteiger partial charge in [0.15, 0.2) is 0 Å². The van der Waals surface area contributed by atoms with E-state index in [0.717, 1.165) is 19.5 Å². The lowest BCUT2D eigenvalue weighted by atomic mass is 9.96. The van der Waals surface area contributed by atoms with Crippen LogP contribution in [0.1, 0.15) is 29.6 Å². The molecule has 1 amide bonds. The third-order valence-electron chi connectivity index (χ3n) is 3.36. The Balaban J connectivity index is 1.80. The summed E-state index contributed by atoms with van der Waals surface area (Å²) in [5.41, 5.74) is 0.513. The summed E-state index contributed by atoms with van der Waals surface area (Å²) < 4.78 is 0. The molecule has 1 aromatic rings. The van der Waals surface area contributed by atoms with Gasteiger partial charge in [0.1, 0.15) is 0 Å². The number of rotatable bonds is 4. The standard InChI is InChI=1S/C14H18Cl2N2O/c15-12-6-11(7-13(16)8-12)14(19)18-5-3-10-2-1-4-17-9-10/h6-8,10,17H,1-5,9H2,(H,18,19). The van der Waals surface area contributed by atoms with Gasteiger partial charge in [0.25, 0.3) is 5.91 Å². The molecule has 0 saturated carbocycles. The Hall–Kier alpha value is -0.770. The molecular weight excluding hydrogens is 283 g/mol. The van der Waals surface area contributed by atoms with Crippen LogP contribution in [-0.2, 0) is 0 Å². The Labute approximate surface area is 123 Å². The van der Waals surface area contributed by atoms with Crippen molar-refractivity contribution < 1.29 is 4.79 Å². The largest absolute Gasteiger partial charge is 0.352 e. The van der Waals surface area contributed by atoms with E-state index in [9.17, 15) is 4.79 Å². The monoisotopic (exact) mass is 300 g/mol. The van der Waals surface area contributed by atoms with Gasteiger partial charge >= 0.3 is 0 Å². The number of halogens is 2. The van der Waals surface area contributed by atoms with Crippen molar-refractivity contribution in [3.8, 4) is 0 Å². The van der Waals surface area contributed by atoms with Crippen LogP contribution in [0.4, 0.5) is 0 Å². The molecule has 104 valence electrons. The van der Waals surface area contributed by atoms with Gasteiger partial charge in [-0.25, -0.2) is 0 Å². The third kappa shape index (κ3) is 4.68. The minimum atomic E-state index is -0.117. The third-order valence-corrected chi connectivity index (χ3v) is 3.80. The van der Waals surface area contributed by atoms with E-state index in [4.69, 9.17) is 23.2 Å². The summed E-state index contributed by atoms with van der Waals surface area (Å²) in [5, 5.41) is 7.25. The van der Waals surface area contributed by atoms with Crippen molar-refractivity contribution in [3.05, 3.63) is 33.8 Å². The fourth-order valence-corrected chi connectivity index (χ4v) is 2.87. The summed E-state index contributed by atoms with van der Waals surface area (Å²) in [6.45, 7) is 2.86. The summed E-state index contributed by atoms with van der Waals surface area (Å²) in [5.74, 6) is 0.546. The number of hydrogen-bond acceptors (Lipinski definition) is 2. The molecular formula is C14H18Cl2N2O. The Bertz CT molecular complexity index is 425. The van der Waals surface area contributed by atoms with Crippen molar-refractivity contribution in [1.29, 1.82) is 0 Å². The summed E-state index contributed by atoms with van der Waals surface area (Å²) >= 11 is 11.8. The normalized spacial score (nSPS) is 19.2. The average molecular weight is 301 g/mol. The van der Waals surface area contributed by atoms with Crippen molar-refractivity contribution in [2.45, 2.75) is 19.3 Å². The average Bonchev–Trinajstić information content (AvgIpc) is 2.38. The zero-order valence-corrected chi connectivity index (χ0v) is 12.2. The lowest BCUT2D eigenvalue weighted by Gasteiger charge is -2.22. The lowest BCUT2D eigenvalue weighted by Crippen LogP contribution is -2.33. The van der Waals surface area contributed by atoms with Crippen LogP contribution in [0.5, 0.6) is 0 Å². The van der Waals surface area contributed by atoms with E-state index >= 15 is 0 Å². The van der Waals surface area contributed by atoms with Gasteiger partial charge in [-0.05, 0) is 56.5 Å². The first-order chi connectivity index (χ1) is 9.15. The first-order valence-corrected chi connectivity index (χ1v) is 7.36. The second kappa shape index (κ2) is 7.13. The van der Waals surface area contributed by atoms with E-state index in [2.05, 4.69) is 10.6 Å². The highest BCUT2D eigenvalue weighted by Crippen LogP contribution is 2.19. The number of benzene rings is 1. The predicted molar refractivity (Wildman–Crippen MR) is 79.0 cm³/mol. The quantitative estimate of drug-likeness (QED) is 0.897. The van der Waals surface area contributed by atoms with E-state index in [1.165, 1.54) is 12.8 Å². The smallest absolute Gasteiger partial charge is 0.251 e. The number of amides is 1. The van der Waals surface area contributed by atoms with Crippen LogP contribution in [0.2, 0.25) is 10.0 Å². The molecule has 0 aromatic heterocycles. The van der Waals surface area contributed by atoms with E-state index in [-0.39, 0.29) is 5.91 Å². The molecule has 0 bridgehead atoms. The molecule has 1 heterocycles. The zero-order chi connectivity index (χ0) is 13.7. The van der Waals surface area contributed by atoms with Crippen LogP contribution >= 0.6 is 23.2 Å². The molecule has 1 aliphatic rings. The number of nitrogens with one attached hydrogen (secondary N) is 2. The molecule has 1 fully saturated rings. The van der Waals surface area contributed by atoms with Crippen molar-refractivity contribution >= 4 is 29.1 Å². The summed E-state index contributed by atoms with van der Waals surface area (Å²) in [7, 11) is 0. The zero-order valence-electron chi connectivity index (χ0n) is 10.7. The molecule has 5 heteroatoms. The van der Waals surface area contributed by atoms with Gasteiger partial charge in [0.05, 0.1) is 0 Å². The van der Waals surface area contributed by atoms with E-state index < -0.39 is 0 Å². The minimum Gasteiger partial charge on any atom is -0.352 e. The van der Waals surface area contributed by atoms with Gasteiger partial charge in [-0.3, -0.25) is 4.79 Å². The van der Waals surface area contributed by atoms with E-state index in [1.807, 2.05) is 0 Å². The molecule has 2 N–H and O–H groups in total. The number of carbonyl (C=O) groups excluding carboxylic acids is 1. The SMILES string of the molecule is O=C(NCCC1CCCNC1)c1cc(Cl)cc(Cl)c1. The predicted octanol–water partition coefficient (Wildman–Crippen LogP) is 3.11. The van der Waals surface area contributed by atoms with Crippen LogP contribution in [0.15, 0.2) is 18.2 Å². The molecule has 0 radical (unpaired) electrons. The van der Waals surface area contributed by atoms with Crippen molar-refractivity contribution in [2.75, 3.05) is 19.6 Å². The van der Waals surface area contributed by atoms with Gasteiger partial charge in [0.2, 0.25) is 0 Å². The highest BCUT2D eigenvalue weighted by atomic mass is 35.5. The van der Waals surface area contributed by atoms with Crippen molar-refractivity contribution in [3.63, 3.8) is 0 Å². The molecule has 1 aromatic carbocycles. The molecule has 1 atom stereocenters. The fourth-order valence-electron chi connectivity index (χ4n) is 2.35. The van der Waals surface area contributed by atoms with Gasteiger partial charge in [-0.15, -0.1) is 0 Å². The van der Waals surface area contributed by atoms with Crippen LogP contribution in [0.3, 0.4) is 0 Å². The van der Waals surface area contributed by atoms with Crippen LogP contribution in [0, 0.1) is 5.92 Å². The van der Waals surface area contributed by atoms with E-state index in [0.29, 0.717) is 28.1 Å². The van der Waals surface area contributed by atoms with Crippen LogP contribution < -0.4 is 10.6 Å². The molecule has 1 aliphatic heterocycles. The summed E-state index contributed by atoms with van der Waals surface area (Å²) in [6.07, 6.45) is 3.47. The van der Waals surface area contributed by atoms with Gasteiger partial charge in [-0.2, -0.15) is 0 Å². The molecule has 2 rings (SSSR count). The van der Waals surface area contributed by atoms with Crippen molar-refractivity contribution in [1.82, 2.24) is 10.6 Å². The van der Waals surface area contributed by atoms with E-state index in [1.54, 1.807) is 18.2 Å². The molecule has 19 heavy (non-hydrogen) atoms. The minimum absolute atomic E-state index is 0.117. The Kier molecular flexibility index (Phi) is 5.49. The molecule has 1 unspecified atom stereocenters. The summed E-state index contributed by atoms with van der Waals surface area (Å²) in [6, 6.07) is 4.88. The van der Waals surface area contributed by atoms with Gasteiger partial charge in [-0.1, -0.05) is 23.2 Å². The van der Waals surface area contributed by atoms with Gasteiger partial charge < -0.3 is 10.6 Å². The lowest BCUT2D eigenvalue weighted by molar-refractivity contribution is 0.0950. The molecule has 0 spiro atoms. The maximum absolute atomic E-state index is 11.9. The highest BCUT2D eigenvalue weighted by Gasteiger charge is 2.13. The van der Waals surface area contributed by atoms with Crippen LogP contribution in [0.25, 0.3) is 0 Å². The number of carbonyl (C=O) groups is 1. The number of hydrogen-bond donors (Lipinski definition) is 2. The Morgan fingerprint density at radius 3 is 2.68 bits per heavy atom. The summed E-state index contributed by atoms with van der Waals surface area (Å²) in [4.78, 5) is 11.9. The number of piperidine rings is 1. The van der Waals surface area contributed by atoms with Gasteiger partial charge in [0, 0.05) is 22.2 Å². The maximum atomic E-state index is 11.9. The highest BCUT2D eigenvalue weighted by molar-refractivity contribution is 6.35. The maximum Gasteiger partial charge on any atom is 0.251 e. The first-order valence-electron chi connectivity index (χ1n) is 6.60. The van der Waals surface area contributed by atoms with Crippen LogP contribution in [-0.4, -0.2) is 25.5 Å². The molecule has 3 nitrogen and oxygen atoms in total. The fraction of sp³-hybridized carbons (Fsp3) is 0.500. The Morgan fingerprint density at radius 1 is 1.32 bits per heavy atom. The molecule has 1 saturated heterocycles. The first kappa shape index (κ1) is 14.6. The Morgan fingerprint density at radius 2 is 2.05 bits per heavy atom.